The molecule has 0 radical (unpaired) electrons. The number of benzene rings is 1. The van der Waals surface area contributed by atoms with Crippen LogP contribution in [0.25, 0.3) is 0 Å². The zero-order chi connectivity index (χ0) is 11.3. The predicted molar refractivity (Wildman–Crippen MR) is 66.6 cm³/mol. The van der Waals surface area contributed by atoms with E-state index in [-0.39, 0.29) is 24.6 Å². The Bertz CT molecular complexity index is 343. The Morgan fingerprint density at radius 3 is 2.31 bits per heavy atom. The molecule has 0 fully saturated rings. The molecule has 0 aromatic heterocycles. The number of nitriles is 1. The standard InChI is InChI=1S/C12H16N2O.ClH/c1-9(2)15-11-5-3-10(4-6-11)12(14)7-8-13;/h3-6,9,12H,7,14H2,1-2H3;1H/t12-;/m1./s1. The number of rotatable bonds is 4. The summed E-state index contributed by atoms with van der Waals surface area (Å²) in [5, 5.41) is 8.52. The number of ether oxygens (including phenoxy) is 1. The van der Waals surface area contributed by atoms with E-state index in [1.165, 1.54) is 0 Å². The molecule has 0 aliphatic heterocycles. The van der Waals surface area contributed by atoms with Crippen LogP contribution in [0.3, 0.4) is 0 Å². The minimum atomic E-state index is -0.205. The highest BCUT2D eigenvalue weighted by atomic mass is 35.5. The average molecular weight is 241 g/mol. The molecule has 0 amide bonds. The van der Waals surface area contributed by atoms with E-state index >= 15 is 0 Å². The van der Waals surface area contributed by atoms with Crippen LogP contribution >= 0.6 is 12.4 Å². The van der Waals surface area contributed by atoms with Crippen LogP contribution in [-0.2, 0) is 0 Å². The maximum atomic E-state index is 8.52. The van der Waals surface area contributed by atoms with Crippen LogP contribution in [0, 0.1) is 11.3 Å². The van der Waals surface area contributed by atoms with E-state index in [0.29, 0.717) is 6.42 Å². The number of halogens is 1. The van der Waals surface area contributed by atoms with E-state index < -0.39 is 0 Å². The van der Waals surface area contributed by atoms with Gasteiger partial charge in [0.1, 0.15) is 5.75 Å². The second kappa shape index (κ2) is 7.10. The zero-order valence-electron chi connectivity index (χ0n) is 9.51. The monoisotopic (exact) mass is 240 g/mol. The van der Waals surface area contributed by atoms with Gasteiger partial charge >= 0.3 is 0 Å². The lowest BCUT2D eigenvalue weighted by molar-refractivity contribution is 0.242. The summed E-state index contributed by atoms with van der Waals surface area (Å²) < 4.78 is 5.50. The first-order valence-electron chi connectivity index (χ1n) is 5.02. The fourth-order valence-electron chi connectivity index (χ4n) is 1.28. The van der Waals surface area contributed by atoms with Crippen molar-refractivity contribution in [2.24, 2.45) is 5.73 Å². The molecule has 0 heterocycles. The summed E-state index contributed by atoms with van der Waals surface area (Å²) in [7, 11) is 0. The largest absolute Gasteiger partial charge is 0.491 e. The highest BCUT2D eigenvalue weighted by Crippen LogP contribution is 2.18. The van der Waals surface area contributed by atoms with Crippen LogP contribution in [-0.4, -0.2) is 6.10 Å². The van der Waals surface area contributed by atoms with Crippen molar-refractivity contribution in [1.29, 1.82) is 5.26 Å². The molecule has 2 N–H and O–H groups in total. The van der Waals surface area contributed by atoms with Gasteiger partial charge in [0.2, 0.25) is 0 Å². The average Bonchev–Trinajstić information content (AvgIpc) is 2.18. The highest BCUT2D eigenvalue weighted by Gasteiger charge is 2.05. The van der Waals surface area contributed by atoms with Gasteiger partial charge in [-0.25, -0.2) is 0 Å². The second-order valence-electron chi connectivity index (χ2n) is 3.70. The maximum Gasteiger partial charge on any atom is 0.119 e. The smallest absolute Gasteiger partial charge is 0.119 e. The van der Waals surface area contributed by atoms with Crippen molar-refractivity contribution in [1.82, 2.24) is 0 Å². The summed E-state index contributed by atoms with van der Waals surface area (Å²) in [6.07, 6.45) is 0.508. The molecule has 0 saturated carbocycles. The lowest BCUT2D eigenvalue weighted by Gasteiger charge is -2.11. The van der Waals surface area contributed by atoms with E-state index in [1.807, 2.05) is 38.1 Å². The molecule has 0 bridgehead atoms. The van der Waals surface area contributed by atoms with Crippen molar-refractivity contribution in [2.75, 3.05) is 0 Å². The molecule has 1 atom stereocenters. The van der Waals surface area contributed by atoms with Gasteiger partial charge < -0.3 is 10.5 Å². The van der Waals surface area contributed by atoms with Crippen molar-refractivity contribution >= 4 is 12.4 Å². The van der Waals surface area contributed by atoms with E-state index in [2.05, 4.69) is 6.07 Å². The molecule has 0 unspecified atom stereocenters. The Kier molecular flexibility index (Phi) is 6.55. The van der Waals surface area contributed by atoms with Crippen molar-refractivity contribution < 1.29 is 4.74 Å². The van der Waals surface area contributed by atoms with E-state index in [1.54, 1.807) is 0 Å². The number of nitrogens with two attached hydrogens (primary N) is 1. The number of hydrogen-bond acceptors (Lipinski definition) is 3. The third-order valence-electron chi connectivity index (χ3n) is 1.99. The molecule has 4 heteroatoms. The van der Waals surface area contributed by atoms with E-state index in [9.17, 15) is 0 Å². The molecular formula is C12H17ClN2O. The number of hydrogen-bond donors (Lipinski definition) is 1. The quantitative estimate of drug-likeness (QED) is 0.881. The SMILES string of the molecule is CC(C)Oc1ccc([C@H](N)CC#N)cc1.Cl. The summed E-state index contributed by atoms with van der Waals surface area (Å²) >= 11 is 0. The van der Waals surface area contributed by atoms with Gasteiger partial charge in [0, 0.05) is 6.04 Å². The number of nitrogens with zero attached hydrogens (tertiary/aromatic N) is 1. The third kappa shape index (κ3) is 4.52. The topological polar surface area (TPSA) is 59.0 Å². The van der Waals surface area contributed by atoms with Crippen molar-refractivity contribution in [3.8, 4) is 11.8 Å². The Morgan fingerprint density at radius 1 is 1.31 bits per heavy atom. The molecule has 3 nitrogen and oxygen atoms in total. The van der Waals surface area contributed by atoms with Gasteiger partial charge in [0.15, 0.2) is 0 Å². The first-order chi connectivity index (χ1) is 7.13. The summed E-state index contributed by atoms with van der Waals surface area (Å²) in [6, 6.07) is 9.42. The minimum Gasteiger partial charge on any atom is -0.491 e. The van der Waals surface area contributed by atoms with Crippen LogP contribution in [0.1, 0.15) is 31.9 Å². The predicted octanol–water partition coefficient (Wildman–Crippen LogP) is 2.81. The summed E-state index contributed by atoms with van der Waals surface area (Å²) in [5.74, 6) is 0.831. The fourth-order valence-corrected chi connectivity index (χ4v) is 1.28. The molecule has 1 aromatic rings. The van der Waals surface area contributed by atoms with Gasteiger partial charge in [-0.15, -0.1) is 12.4 Å². The molecule has 0 aliphatic carbocycles. The first-order valence-corrected chi connectivity index (χ1v) is 5.02. The molecule has 1 rings (SSSR count). The Balaban J connectivity index is 0.00000225. The van der Waals surface area contributed by atoms with Gasteiger partial charge in [-0.3, -0.25) is 0 Å². The third-order valence-corrected chi connectivity index (χ3v) is 1.99. The molecule has 88 valence electrons. The normalized spacial score (nSPS) is 11.4. The molecule has 0 saturated heterocycles. The summed E-state index contributed by atoms with van der Waals surface area (Å²) in [4.78, 5) is 0. The van der Waals surface area contributed by atoms with Gasteiger partial charge in [0.05, 0.1) is 18.6 Å². The van der Waals surface area contributed by atoms with Crippen LogP contribution in [0.2, 0.25) is 0 Å². The lowest BCUT2D eigenvalue weighted by Crippen LogP contribution is -2.09. The highest BCUT2D eigenvalue weighted by molar-refractivity contribution is 5.85. The molecule has 16 heavy (non-hydrogen) atoms. The van der Waals surface area contributed by atoms with Gasteiger partial charge in [-0.1, -0.05) is 12.1 Å². The summed E-state index contributed by atoms with van der Waals surface area (Å²) in [6.45, 7) is 3.96. The van der Waals surface area contributed by atoms with Gasteiger partial charge in [-0.05, 0) is 31.5 Å². The second-order valence-corrected chi connectivity index (χ2v) is 3.70. The zero-order valence-corrected chi connectivity index (χ0v) is 10.3. The minimum absolute atomic E-state index is 0. The molecule has 0 spiro atoms. The Hall–Kier alpha value is -1.24. The van der Waals surface area contributed by atoms with E-state index in [0.717, 1.165) is 11.3 Å². The first kappa shape index (κ1) is 14.8. The van der Waals surface area contributed by atoms with Crippen LogP contribution in [0.15, 0.2) is 24.3 Å². The van der Waals surface area contributed by atoms with Crippen molar-refractivity contribution in [3.63, 3.8) is 0 Å². The Morgan fingerprint density at radius 2 is 1.88 bits per heavy atom. The molecule has 0 aliphatic rings. The van der Waals surface area contributed by atoms with Crippen LogP contribution < -0.4 is 10.5 Å². The lowest BCUT2D eigenvalue weighted by atomic mass is 10.1. The van der Waals surface area contributed by atoms with Crippen molar-refractivity contribution in [2.45, 2.75) is 32.4 Å². The van der Waals surface area contributed by atoms with Crippen LogP contribution in [0.5, 0.6) is 5.75 Å². The molecular weight excluding hydrogens is 224 g/mol. The Labute approximate surface area is 103 Å². The van der Waals surface area contributed by atoms with Crippen LogP contribution in [0.4, 0.5) is 0 Å². The van der Waals surface area contributed by atoms with Crippen molar-refractivity contribution in [3.05, 3.63) is 29.8 Å². The van der Waals surface area contributed by atoms with E-state index in [4.69, 9.17) is 15.7 Å². The summed E-state index contributed by atoms with van der Waals surface area (Å²) in [5.41, 5.74) is 6.76. The molecule has 1 aromatic carbocycles. The maximum absolute atomic E-state index is 8.52. The van der Waals surface area contributed by atoms with Gasteiger partial charge in [-0.2, -0.15) is 5.26 Å². The van der Waals surface area contributed by atoms with Gasteiger partial charge in [0.25, 0.3) is 0 Å². The fraction of sp³-hybridized carbons (Fsp3) is 0.417.